The average molecular weight is 220 g/mol. The first-order valence-electron chi connectivity index (χ1n) is 5.14. The van der Waals surface area contributed by atoms with Crippen LogP contribution in [0, 0.1) is 5.82 Å². The standard InChI is InChI=1S/C12H13FN2O/c13-11-3-1-2-10(6-11)8-15-9-14-7-12(15)4-5-16/h1-3,6-7,9,16H,4-5,8H2. The molecular formula is C12H13FN2O. The predicted molar refractivity (Wildman–Crippen MR) is 58.5 cm³/mol. The zero-order chi connectivity index (χ0) is 11.4. The molecule has 1 heterocycles. The van der Waals surface area contributed by atoms with Gasteiger partial charge in [-0.2, -0.15) is 0 Å². The summed E-state index contributed by atoms with van der Waals surface area (Å²) in [6, 6.07) is 6.48. The SMILES string of the molecule is OCCc1cncn1Cc1cccc(F)c1. The Bertz CT molecular complexity index is 468. The number of nitrogens with zero attached hydrogens (tertiary/aromatic N) is 2. The van der Waals surface area contributed by atoms with Gasteiger partial charge in [0, 0.05) is 31.5 Å². The largest absolute Gasteiger partial charge is 0.396 e. The van der Waals surface area contributed by atoms with Gasteiger partial charge in [-0.05, 0) is 17.7 Å². The normalized spacial score (nSPS) is 10.6. The van der Waals surface area contributed by atoms with E-state index in [2.05, 4.69) is 4.98 Å². The quantitative estimate of drug-likeness (QED) is 0.850. The number of aliphatic hydroxyl groups is 1. The molecule has 0 aliphatic heterocycles. The van der Waals surface area contributed by atoms with Gasteiger partial charge in [0.25, 0.3) is 0 Å². The van der Waals surface area contributed by atoms with Gasteiger partial charge >= 0.3 is 0 Å². The second kappa shape index (κ2) is 4.90. The minimum Gasteiger partial charge on any atom is -0.396 e. The molecule has 0 saturated carbocycles. The Labute approximate surface area is 93.2 Å². The van der Waals surface area contributed by atoms with Gasteiger partial charge in [-0.25, -0.2) is 9.37 Å². The van der Waals surface area contributed by atoms with Crippen LogP contribution in [0.15, 0.2) is 36.8 Å². The molecule has 0 bridgehead atoms. The zero-order valence-corrected chi connectivity index (χ0v) is 8.81. The Hall–Kier alpha value is -1.68. The third kappa shape index (κ3) is 2.46. The lowest BCUT2D eigenvalue weighted by Gasteiger charge is -2.07. The molecule has 0 atom stereocenters. The summed E-state index contributed by atoms with van der Waals surface area (Å²) in [4.78, 5) is 4.02. The van der Waals surface area contributed by atoms with Gasteiger partial charge in [-0.15, -0.1) is 0 Å². The molecule has 1 N–H and O–H groups in total. The molecule has 0 amide bonds. The minimum atomic E-state index is -0.235. The average Bonchev–Trinajstić information content (AvgIpc) is 2.66. The van der Waals surface area contributed by atoms with E-state index in [4.69, 9.17) is 5.11 Å². The van der Waals surface area contributed by atoms with Crippen LogP contribution in [0.1, 0.15) is 11.3 Å². The van der Waals surface area contributed by atoms with E-state index in [1.54, 1.807) is 18.6 Å². The van der Waals surface area contributed by atoms with Crippen LogP contribution in [0.5, 0.6) is 0 Å². The van der Waals surface area contributed by atoms with E-state index < -0.39 is 0 Å². The number of imidazole rings is 1. The van der Waals surface area contributed by atoms with Crippen molar-refractivity contribution < 1.29 is 9.50 Å². The third-order valence-corrected chi connectivity index (χ3v) is 2.41. The molecule has 2 aromatic rings. The molecule has 0 spiro atoms. The summed E-state index contributed by atoms with van der Waals surface area (Å²) in [7, 11) is 0. The fourth-order valence-corrected chi connectivity index (χ4v) is 1.65. The van der Waals surface area contributed by atoms with Crippen molar-refractivity contribution in [1.29, 1.82) is 0 Å². The highest BCUT2D eigenvalue weighted by molar-refractivity contribution is 5.17. The summed E-state index contributed by atoms with van der Waals surface area (Å²) >= 11 is 0. The minimum absolute atomic E-state index is 0.0921. The number of benzene rings is 1. The first-order chi connectivity index (χ1) is 7.79. The van der Waals surface area contributed by atoms with Crippen molar-refractivity contribution in [2.24, 2.45) is 0 Å². The lowest BCUT2D eigenvalue weighted by Crippen LogP contribution is -2.05. The third-order valence-electron chi connectivity index (χ3n) is 2.41. The first kappa shape index (κ1) is 10.8. The van der Waals surface area contributed by atoms with Crippen LogP contribution < -0.4 is 0 Å². The Morgan fingerprint density at radius 3 is 3.00 bits per heavy atom. The van der Waals surface area contributed by atoms with Crippen LogP contribution in [-0.4, -0.2) is 21.3 Å². The fourth-order valence-electron chi connectivity index (χ4n) is 1.65. The van der Waals surface area contributed by atoms with E-state index in [1.807, 2.05) is 10.6 Å². The van der Waals surface area contributed by atoms with E-state index in [9.17, 15) is 4.39 Å². The van der Waals surface area contributed by atoms with E-state index in [-0.39, 0.29) is 12.4 Å². The molecule has 4 heteroatoms. The summed E-state index contributed by atoms with van der Waals surface area (Å²) in [6.07, 6.45) is 3.97. The molecule has 0 saturated heterocycles. The lowest BCUT2D eigenvalue weighted by molar-refractivity contribution is 0.296. The van der Waals surface area contributed by atoms with Crippen molar-refractivity contribution >= 4 is 0 Å². The number of hydrogen-bond donors (Lipinski definition) is 1. The molecule has 16 heavy (non-hydrogen) atoms. The molecule has 84 valence electrons. The van der Waals surface area contributed by atoms with E-state index in [1.165, 1.54) is 12.1 Å². The van der Waals surface area contributed by atoms with Crippen molar-refractivity contribution in [2.45, 2.75) is 13.0 Å². The molecule has 0 aliphatic carbocycles. The van der Waals surface area contributed by atoms with Crippen molar-refractivity contribution in [3.8, 4) is 0 Å². The highest BCUT2D eigenvalue weighted by atomic mass is 19.1. The highest BCUT2D eigenvalue weighted by Crippen LogP contribution is 2.08. The summed E-state index contributed by atoms with van der Waals surface area (Å²) in [5.41, 5.74) is 1.84. The van der Waals surface area contributed by atoms with Crippen LogP contribution in [-0.2, 0) is 13.0 Å². The van der Waals surface area contributed by atoms with Gasteiger partial charge in [-0.1, -0.05) is 12.1 Å². The molecule has 0 radical (unpaired) electrons. The molecule has 0 unspecified atom stereocenters. The van der Waals surface area contributed by atoms with Gasteiger partial charge in [0.15, 0.2) is 0 Å². The molecule has 3 nitrogen and oxygen atoms in total. The maximum absolute atomic E-state index is 13.0. The van der Waals surface area contributed by atoms with Gasteiger partial charge in [0.05, 0.1) is 6.33 Å². The maximum atomic E-state index is 13.0. The fraction of sp³-hybridized carbons (Fsp3) is 0.250. The molecule has 1 aromatic carbocycles. The van der Waals surface area contributed by atoms with Crippen molar-refractivity contribution in [3.05, 3.63) is 53.9 Å². The first-order valence-corrected chi connectivity index (χ1v) is 5.14. The molecule has 2 rings (SSSR count). The van der Waals surface area contributed by atoms with Crippen LogP contribution in [0.2, 0.25) is 0 Å². The number of rotatable bonds is 4. The Balaban J connectivity index is 2.17. The van der Waals surface area contributed by atoms with Crippen molar-refractivity contribution in [1.82, 2.24) is 9.55 Å². The molecular weight excluding hydrogens is 207 g/mol. The summed E-state index contributed by atoms with van der Waals surface area (Å²) in [6.45, 7) is 0.669. The Morgan fingerprint density at radius 1 is 1.38 bits per heavy atom. The van der Waals surface area contributed by atoms with Crippen LogP contribution in [0.4, 0.5) is 4.39 Å². The molecule has 0 aliphatic rings. The monoisotopic (exact) mass is 220 g/mol. The summed E-state index contributed by atoms with van der Waals surface area (Å²) in [5.74, 6) is -0.235. The smallest absolute Gasteiger partial charge is 0.123 e. The Morgan fingerprint density at radius 2 is 2.25 bits per heavy atom. The molecule has 0 fully saturated rings. The van der Waals surface area contributed by atoms with Crippen molar-refractivity contribution in [2.75, 3.05) is 6.61 Å². The van der Waals surface area contributed by atoms with Gasteiger partial charge in [-0.3, -0.25) is 0 Å². The summed E-state index contributed by atoms with van der Waals surface area (Å²) < 4.78 is 14.9. The highest BCUT2D eigenvalue weighted by Gasteiger charge is 2.02. The Kier molecular flexibility index (Phi) is 3.31. The van der Waals surface area contributed by atoms with Gasteiger partial charge < -0.3 is 9.67 Å². The van der Waals surface area contributed by atoms with E-state index in [0.29, 0.717) is 13.0 Å². The second-order valence-corrected chi connectivity index (χ2v) is 3.62. The summed E-state index contributed by atoms with van der Waals surface area (Å²) in [5, 5.41) is 8.87. The zero-order valence-electron chi connectivity index (χ0n) is 8.81. The number of halogens is 1. The lowest BCUT2D eigenvalue weighted by atomic mass is 10.2. The van der Waals surface area contributed by atoms with E-state index >= 15 is 0 Å². The van der Waals surface area contributed by atoms with E-state index in [0.717, 1.165) is 11.3 Å². The van der Waals surface area contributed by atoms with Crippen molar-refractivity contribution in [3.63, 3.8) is 0 Å². The molecule has 1 aromatic heterocycles. The number of aliphatic hydroxyl groups excluding tert-OH is 1. The predicted octanol–water partition coefficient (Wildman–Crippen LogP) is 1.61. The number of aromatic nitrogens is 2. The van der Waals surface area contributed by atoms with Gasteiger partial charge in [0.2, 0.25) is 0 Å². The van der Waals surface area contributed by atoms with Gasteiger partial charge in [0.1, 0.15) is 5.82 Å². The second-order valence-electron chi connectivity index (χ2n) is 3.62. The van der Waals surface area contributed by atoms with Crippen LogP contribution >= 0.6 is 0 Å². The maximum Gasteiger partial charge on any atom is 0.123 e. The number of hydrogen-bond acceptors (Lipinski definition) is 2. The van der Waals surface area contributed by atoms with Crippen LogP contribution in [0.25, 0.3) is 0 Å². The van der Waals surface area contributed by atoms with Crippen LogP contribution in [0.3, 0.4) is 0 Å². The topological polar surface area (TPSA) is 38.1 Å².